The van der Waals surface area contributed by atoms with Gasteiger partial charge in [0.1, 0.15) is 5.82 Å². The first-order valence-electron chi connectivity index (χ1n) is 5.94. The van der Waals surface area contributed by atoms with Crippen molar-refractivity contribution in [3.63, 3.8) is 0 Å². The molecule has 1 heterocycles. The van der Waals surface area contributed by atoms with Gasteiger partial charge in [-0.3, -0.25) is 0 Å². The fraction of sp³-hybridized carbons (Fsp3) is 0.538. The first-order valence-corrected chi connectivity index (χ1v) is 7.37. The number of likely N-dealkylation sites (N-methyl/N-ethyl adjacent to an activating group) is 1. The summed E-state index contributed by atoms with van der Waals surface area (Å²) >= 11 is 7.79. The summed E-state index contributed by atoms with van der Waals surface area (Å²) in [6.07, 6.45) is 3.20. The van der Waals surface area contributed by atoms with Crippen molar-refractivity contribution < 1.29 is 4.39 Å². The van der Waals surface area contributed by atoms with E-state index in [2.05, 4.69) is 5.32 Å². The highest BCUT2D eigenvalue weighted by Gasteiger charge is 2.25. The quantitative estimate of drug-likeness (QED) is 0.901. The van der Waals surface area contributed by atoms with E-state index in [1.54, 1.807) is 6.07 Å². The highest BCUT2D eigenvalue weighted by molar-refractivity contribution is 8.00. The van der Waals surface area contributed by atoms with Crippen LogP contribution in [0.3, 0.4) is 0 Å². The lowest BCUT2D eigenvalue weighted by Crippen LogP contribution is -2.36. The molecule has 0 aliphatic carbocycles. The van der Waals surface area contributed by atoms with Gasteiger partial charge in [0, 0.05) is 11.3 Å². The maximum Gasteiger partial charge on any atom is 0.145 e. The van der Waals surface area contributed by atoms with Crippen LogP contribution < -0.4 is 5.32 Å². The minimum Gasteiger partial charge on any atom is -0.316 e. The standard InChI is InChI=1S/C13H17ClFNS/c1-16-11(12-6-3-7-17-12)8-9-4-2-5-10(14)13(9)15/h2,4-5,11-12,16H,3,6-8H2,1H3. The minimum atomic E-state index is -0.266. The lowest BCUT2D eigenvalue weighted by Gasteiger charge is -2.22. The van der Waals surface area contributed by atoms with Gasteiger partial charge in [0.25, 0.3) is 0 Å². The van der Waals surface area contributed by atoms with Crippen LogP contribution in [0.15, 0.2) is 18.2 Å². The summed E-state index contributed by atoms with van der Waals surface area (Å²) in [5, 5.41) is 4.12. The van der Waals surface area contributed by atoms with Crippen molar-refractivity contribution in [2.75, 3.05) is 12.8 Å². The monoisotopic (exact) mass is 273 g/mol. The first kappa shape index (κ1) is 13.2. The van der Waals surface area contributed by atoms with Crippen LogP contribution in [0.2, 0.25) is 5.02 Å². The fourth-order valence-electron chi connectivity index (χ4n) is 2.28. The topological polar surface area (TPSA) is 12.0 Å². The molecule has 1 N–H and O–H groups in total. The average Bonchev–Trinajstić information content (AvgIpc) is 2.85. The molecule has 1 nitrogen and oxygen atoms in total. The van der Waals surface area contributed by atoms with Gasteiger partial charge in [-0.1, -0.05) is 23.7 Å². The van der Waals surface area contributed by atoms with E-state index in [-0.39, 0.29) is 10.8 Å². The van der Waals surface area contributed by atoms with Crippen LogP contribution in [-0.2, 0) is 6.42 Å². The number of hydrogen-bond donors (Lipinski definition) is 1. The van der Waals surface area contributed by atoms with Crippen molar-refractivity contribution in [1.82, 2.24) is 5.32 Å². The Morgan fingerprint density at radius 1 is 1.59 bits per heavy atom. The van der Waals surface area contributed by atoms with Crippen molar-refractivity contribution in [2.45, 2.75) is 30.6 Å². The van der Waals surface area contributed by atoms with Gasteiger partial charge in [0.05, 0.1) is 5.02 Å². The lowest BCUT2D eigenvalue weighted by atomic mass is 10.0. The first-order chi connectivity index (χ1) is 8.22. The van der Waals surface area contributed by atoms with Crippen LogP contribution in [0.25, 0.3) is 0 Å². The third-order valence-corrected chi connectivity index (χ3v) is 5.06. The van der Waals surface area contributed by atoms with E-state index in [1.165, 1.54) is 18.6 Å². The summed E-state index contributed by atoms with van der Waals surface area (Å²) < 4.78 is 13.8. The molecule has 4 heteroatoms. The van der Waals surface area contributed by atoms with Crippen molar-refractivity contribution in [3.8, 4) is 0 Å². The summed E-state index contributed by atoms with van der Waals surface area (Å²) in [7, 11) is 1.95. The second-order valence-electron chi connectivity index (χ2n) is 4.36. The largest absolute Gasteiger partial charge is 0.316 e. The Hall–Kier alpha value is -0.250. The van der Waals surface area contributed by atoms with Crippen molar-refractivity contribution in [2.24, 2.45) is 0 Å². The predicted molar refractivity (Wildman–Crippen MR) is 73.4 cm³/mol. The average molecular weight is 274 g/mol. The number of benzene rings is 1. The zero-order valence-corrected chi connectivity index (χ0v) is 11.5. The molecule has 0 amide bonds. The van der Waals surface area contributed by atoms with E-state index in [0.29, 0.717) is 23.3 Å². The molecule has 1 saturated heterocycles. The second-order valence-corrected chi connectivity index (χ2v) is 6.12. The van der Waals surface area contributed by atoms with Crippen LogP contribution in [0.5, 0.6) is 0 Å². The normalized spacial score (nSPS) is 21.7. The van der Waals surface area contributed by atoms with Crippen LogP contribution in [0.4, 0.5) is 4.39 Å². The van der Waals surface area contributed by atoms with Crippen molar-refractivity contribution in [1.29, 1.82) is 0 Å². The predicted octanol–water partition coefficient (Wildman–Crippen LogP) is 3.51. The second kappa shape index (κ2) is 6.07. The molecule has 17 heavy (non-hydrogen) atoms. The Balaban J connectivity index is 2.09. The van der Waals surface area contributed by atoms with Gasteiger partial charge >= 0.3 is 0 Å². The Morgan fingerprint density at radius 2 is 2.41 bits per heavy atom. The molecular formula is C13H17ClFNS. The number of hydrogen-bond acceptors (Lipinski definition) is 2. The highest BCUT2D eigenvalue weighted by atomic mass is 35.5. The molecule has 2 rings (SSSR count). The fourth-order valence-corrected chi connectivity index (χ4v) is 3.91. The Labute approximate surface area is 111 Å². The van der Waals surface area contributed by atoms with Crippen LogP contribution in [-0.4, -0.2) is 24.1 Å². The Bertz CT molecular complexity index is 380. The molecule has 94 valence electrons. The SMILES string of the molecule is CNC(Cc1cccc(Cl)c1F)C1CCCS1. The zero-order chi connectivity index (χ0) is 12.3. The van der Waals surface area contributed by atoms with E-state index in [0.717, 1.165) is 0 Å². The molecule has 1 aliphatic heterocycles. The molecule has 0 bridgehead atoms. The maximum atomic E-state index is 13.8. The van der Waals surface area contributed by atoms with Crippen molar-refractivity contribution in [3.05, 3.63) is 34.6 Å². The Kier molecular flexibility index (Phi) is 4.71. The highest BCUT2D eigenvalue weighted by Crippen LogP contribution is 2.30. The van der Waals surface area contributed by atoms with E-state index in [9.17, 15) is 4.39 Å². The number of halogens is 2. The maximum absolute atomic E-state index is 13.8. The van der Waals surface area contributed by atoms with E-state index < -0.39 is 0 Å². The molecule has 2 unspecified atom stereocenters. The summed E-state index contributed by atoms with van der Waals surface area (Å²) in [5.41, 5.74) is 0.712. The third kappa shape index (κ3) is 3.15. The van der Waals surface area contributed by atoms with Gasteiger partial charge in [0.2, 0.25) is 0 Å². The number of nitrogens with one attached hydrogen (secondary N) is 1. The summed E-state index contributed by atoms with van der Waals surface area (Å²) in [5.74, 6) is 0.957. The van der Waals surface area contributed by atoms with Crippen LogP contribution in [0, 0.1) is 5.82 Å². The molecule has 1 aromatic carbocycles. The molecule has 0 aromatic heterocycles. The summed E-state index contributed by atoms with van der Waals surface area (Å²) in [4.78, 5) is 0. The molecule has 1 aliphatic rings. The molecular weight excluding hydrogens is 257 g/mol. The van der Waals surface area contributed by atoms with Gasteiger partial charge in [0.15, 0.2) is 0 Å². The van der Waals surface area contributed by atoms with Crippen LogP contribution >= 0.6 is 23.4 Å². The molecule has 2 atom stereocenters. The molecule has 0 spiro atoms. The summed E-state index contributed by atoms with van der Waals surface area (Å²) in [6, 6.07) is 5.56. The summed E-state index contributed by atoms with van der Waals surface area (Å²) in [6.45, 7) is 0. The smallest absolute Gasteiger partial charge is 0.145 e. The van der Waals surface area contributed by atoms with Gasteiger partial charge in [-0.15, -0.1) is 0 Å². The zero-order valence-electron chi connectivity index (χ0n) is 9.88. The van der Waals surface area contributed by atoms with E-state index in [1.807, 2.05) is 30.9 Å². The van der Waals surface area contributed by atoms with Crippen molar-refractivity contribution >= 4 is 23.4 Å². The van der Waals surface area contributed by atoms with E-state index >= 15 is 0 Å². The lowest BCUT2D eigenvalue weighted by molar-refractivity contribution is 0.508. The van der Waals surface area contributed by atoms with Gasteiger partial charge < -0.3 is 5.32 Å². The Morgan fingerprint density at radius 3 is 3.06 bits per heavy atom. The van der Waals surface area contributed by atoms with Gasteiger partial charge in [-0.2, -0.15) is 11.8 Å². The number of rotatable bonds is 4. The number of thioether (sulfide) groups is 1. The molecule has 1 fully saturated rings. The van der Waals surface area contributed by atoms with E-state index in [4.69, 9.17) is 11.6 Å². The molecule has 0 radical (unpaired) electrons. The third-order valence-electron chi connectivity index (χ3n) is 3.26. The minimum absolute atomic E-state index is 0.219. The van der Waals surface area contributed by atoms with Crippen LogP contribution in [0.1, 0.15) is 18.4 Å². The molecule has 0 saturated carbocycles. The van der Waals surface area contributed by atoms with Gasteiger partial charge in [-0.05, 0) is 43.7 Å². The van der Waals surface area contributed by atoms with Gasteiger partial charge in [-0.25, -0.2) is 4.39 Å². The molecule has 1 aromatic rings.